The predicted molar refractivity (Wildman–Crippen MR) is 53.9 cm³/mol. The average molecular weight is 186 g/mol. The van der Waals surface area contributed by atoms with Crippen molar-refractivity contribution in [3.8, 4) is 0 Å². The Morgan fingerprint density at radius 3 is 2.23 bits per heavy atom. The van der Waals surface area contributed by atoms with Gasteiger partial charge < -0.3 is 5.32 Å². The van der Waals surface area contributed by atoms with Gasteiger partial charge in [0.25, 0.3) is 5.91 Å². The topological polar surface area (TPSA) is 44.4 Å². The van der Waals surface area contributed by atoms with E-state index in [0.717, 1.165) is 19.6 Å². The molecule has 1 amide bonds. The molecule has 0 aliphatic rings. The summed E-state index contributed by atoms with van der Waals surface area (Å²) in [5.41, 5.74) is 0. The normalized spacial score (nSPS) is 13.0. The second-order valence-electron chi connectivity index (χ2n) is 2.72. The molecule has 0 aliphatic heterocycles. The Morgan fingerprint density at radius 1 is 1.38 bits per heavy atom. The van der Waals surface area contributed by atoms with Crippen LogP contribution >= 0.6 is 0 Å². The summed E-state index contributed by atoms with van der Waals surface area (Å²) in [5.74, 6) is -0.0782. The third-order valence-electron chi connectivity index (χ3n) is 2.00. The van der Waals surface area contributed by atoms with Crippen LogP contribution in [0.1, 0.15) is 20.8 Å². The molecule has 2 N–H and O–H groups in total. The van der Waals surface area contributed by atoms with E-state index in [1.165, 1.54) is 0 Å². The van der Waals surface area contributed by atoms with E-state index in [1.54, 1.807) is 0 Å². The fourth-order valence-corrected chi connectivity index (χ4v) is 1.27. The lowest BCUT2D eigenvalue weighted by Gasteiger charge is -2.28. The van der Waals surface area contributed by atoms with Crippen LogP contribution in [0.5, 0.6) is 0 Å². The zero-order valence-corrected chi connectivity index (χ0v) is 8.76. The third kappa shape index (κ3) is 3.74. The fraction of sp³-hybridized carbons (Fsp3) is 0.778. The number of amides is 1. The summed E-state index contributed by atoms with van der Waals surface area (Å²) in [5, 5.41) is 5.52. The molecule has 0 rings (SSSR count). The Morgan fingerprint density at radius 2 is 1.92 bits per heavy atom. The van der Waals surface area contributed by atoms with Gasteiger partial charge in [0.15, 0.2) is 0 Å². The summed E-state index contributed by atoms with van der Waals surface area (Å²) < 4.78 is 0. The van der Waals surface area contributed by atoms with Crippen LogP contribution in [0.3, 0.4) is 0 Å². The highest BCUT2D eigenvalue weighted by Crippen LogP contribution is 1.95. The number of hydrogen-bond acceptors (Lipinski definition) is 3. The van der Waals surface area contributed by atoms with Gasteiger partial charge in [-0.05, 0) is 19.6 Å². The molecule has 0 heterocycles. The highest BCUT2D eigenvalue weighted by Gasteiger charge is 2.20. The summed E-state index contributed by atoms with van der Waals surface area (Å²) in [6.45, 7) is 8.51. The Balaban J connectivity index is 4.28. The number of hydrogen-bond donors (Lipinski definition) is 2. The minimum absolute atomic E-state index is 0.0782. The lowest BCUT2D eigenvalue weighted by molar-refractivity contribution is -0.126. The quantitative estimate of drug-likeness (QED) is 0.581. The van der Waals surface area contributed by atoms with Crippen molar-refractivity contribution in [2.24, 2.45) is 0 Å². The highest BCUT2D eigenvalue weighted by molar-refractivity contribution is 5.81. The minimum Gasteiger partial charge on any atom is -0.352 e. The molecule has 0 bridgehead atoms. The first-order valence-electron chi connectivity index (χ1n) is 4.75. The van der Waals surface area contributed by atoms with Crippen LogP contribution in [-0.4, -0.2) is 36.6 Å². The van der Waals surface area contributed by atoms with Crippen molar-refractivity contribution in [3.63, 3.8) is 0 Å². The molecule has 0 saturated carbocycles. The number of carbonyl (C=O) groups excluding carboxylic acids is 1. The van der Waals surface area contributed by atoms with E-state index in [2.05, 4.69) is 17.7 Å². The zero-order chi connectivity index (χ0) is 10.3. The Kier molecular flexibility index (Phi) is 6.54. The van der Waals surface area contributed by atoms with E-state index in [1.807, 2.05) is 25.7 Å². The van der Waals surface area contributed by atoms with E-state index >= 15 is 0 Å². The van der Waals surface area contributed by atoms with Crippen molar-refractivity contribution in [2.45, 2.75) is 26.9 Å². The van der Waals surface area contributed by atoms with Gasteiger partial charge in [0, 0.05) is 7.05 Å². The maximum Gasteiger partial charge on any atom is 0.252 e. The van der Waals surface area contributed by atoms with Gasteiger partial charge in [-0.1, -0.05) is 20.8 Å². The van der Waals surface area contributed by atoms with E-state index in [4.69, 9.17) is 0 Å². The first-order valence-corrected chi connectivity index (χ1v) is 4.75. The molecule has 4 heteroatoms. The Bertz CT molecular complexity index is 146. The summed E-state index contributed by atoms with van der Waals surface area (Å²) in [4.78, 5) is 13.4. The second-order valence-corrected chi connectivity index (χ2v) is 2.72. The molecule has 0 spiro atoms. The molecule has 1 unspecified atom stereocenters. The van der Waals surface area contributed by atoms with Crippen LogP contribution in [0, 0.1) is 7.05 Å². The number of rotatable bonds is 6. The molecule has 1 atom stereocenters. The molecule has 0 fully saturated rings. The van der Waals surface area contributed by atoms with Crippen LogP contribution in [-0.2, 0) is 4.79 Å². The summed E-state index contributed by atoms with van der Waals surface area (Å²) in [6, 6.07) is 0. The molecule has 1 radical (unpaired) electrons. The number of carbonyl (C=O) groups is 1. The molecule has 0 saturated heterocycles. The van der Waals surface area contributed by atoms with Gasteiger partial charge in [-0.15, -0.1) is 0 Å². The molecule has 13 heavy (non-hydrogen) atoms. The van der Waals surface area contributed by atoms with Crippen molar-refractivity contribution in [3.05, 3.63) is 7.05 Å². The molecular weight excluding hydrogens is 166 g/mol. The molecule has 0 aromatic heterocycles. The minimum atomic E-state index is -0.252. The van der Waals surface area contributed by atoms with E-state index in [-0.39, 0.29) is 12.1 Å². The van der Waals surface area contributed by atoms with Gasteiger partial charge in [-0.25, -0.2) is 0 Å². The lowest BCUT2D eigenvalue weighted by atomic mass is 10.3. The Hall–Kier alpha value is -0.610. The standard InChI is InChI=1S/C9H20N3O/c1-5-11-8(9(13)10-4)12(6-2)7-3/h8,11H,4-7H2,1-3H3,(H,10,13). The highest BCUT2D eigenvalue weighted by atomic mass is 16.2. The smallest absolute Gasteiger partial charge is 0.252 e. The van der Waals surface area contributed by atoms with Gasteiger partial charge >= 0.3 is 0 Å². The van der Waals surface area contributed by atoms with Crippen molar-refractivity contribution >= 4 is 5.91 Å². The second kappa shape index (κ2) is 6.86. The summed E-state index contributed by atoms with van der Waals surface area (Å²) >= 11 is 0. The number of nitrogens with zero attached hydrogens (tertiary/aromatic N) is 1. The summed E-state index contributed by atoms with van der Waals surface area (Å²) in [6.07, 6.45) is -0.252. The summed E-state index contributed by atoms with van der Waals surface area (Å²) in [7, 11) is 3.37. The third-order valence-corrected chi connectivity index (χ3v) is 2.00. The molecular formula is C9H20N3O. The van der Waals surface area contributed by atoms with Gasteiger partial charge in [0.2, 0.25) is 0 Å². The van der Waals surface area contributed by atoms with Gasteiger partial charge in [-0.2, -0.15) is 0 Å². The molecule has 0 aromatic carbocycles. The van der Waals surface area contributed by atoms with Crippen molar-refractivity contribution in [1.82, 2.24) is 15.5 Å². The number of nitrogens with one attached hydrogen (secondary N) is 2. The maximum absolute atomic E-state index is 11.4. The van der Waals surface area contributed by atoms with Crippen molar-refractivity contribution in [2.75, 3.05) is 19.6 Å². The first kappa shape index (κ1) is 12.4. The van der Waals surface area contributed by atoms with Gasteiger partial charge in [0.1, 0.15) is 6.17 Å². The maximum atomic E-state index is 11.4. The molecule has 0 aromatic rings. The number of likely N-dealkylation sites (N-methyl/N-ethyl adjacent to an activating group) is 2. The van der Waals surface area contributed by atoms with Crippen LogP contribution in [0.25, 0.3) is 0 Å². The first-order chi connectivity index (χ1) is 6.21. The SMILES string of the molecule is [CH2]NC(=O)C(NCC)N(CC)CC. The van der Waals surface area contributed by atoms with Crippen LogP contribution in [0.15, 0.2) is 0 Å². The van der Waals surface area contributed by atoms with Crippen LogP contribution in [0.4, 0.5) is 0 Å². The monoisotopic (exact) mass is 186 g/mol. The fourth-order valence-electron chi connectivity index (χ4n) is 1.27. The molecule has 77 valence electrons. The van der Waals surface area contributed by atoms with Crippen LogP contribution in [0.2, 0.25) is 0 Å². The van der Waals surface area contributed by atoms with E-state index in [0.29, 0.717) is 0 Å². The van der Waals surface area contributed by atoms with E-state index in [9.17, 15) is 4.79 Å². The lowest BCUT2D eigenvalue weighted by Crippen LogP contribution is -2.54. The van der Waals surface area contributed by atoms with Gasteiger partial charge in [0.05, 0.1) is 0 Å². The molecule has 4 nitrogen and oxygen atoms in total. The van der Waals surface area contributed by atoms with Crippen molar-refractivity contribution in [1.29, 1.82) is 0 Å². The molecule has 0 aliphatic carbocycles. The van der Waals surface area contributed by atoms with Gasteiger partial charge in [-0.3, -0.25) is 15.0 Å². The van der Waals surface area contributed by atoms with Crippen molar-refractivity contribution < 1.29 is 4.79 Å². The largest absolute Gasteiger partial charge is 0.352 e. The average Bonchev–Trinajstić information content (AvgIpc) is 2.17. The zero-order valence-electron chi connectivity index (χ0n) is 8.76. The van der Waals surface area contributed by atoms with Crippen LogP contribution < -0.4 is 10.6 Å². The Labute approximate surface area is 80.7 Å². The van der Waals surface area contributed by atoms with E-state index < -0.39 is 0 Å². The predicted octanol–water partition coefficient (Wildman–Crippen LogP) is 0.172.